The highest BCUT2D eigenvalue weighted by molar-refractivity contribution is 5.97. The Balaban J connectivity index is 2.02. The first-order valence-electron chi connectivity index (χ1n) is 7.54. The summed E-state index contributed by atoms with van der Waals surface area (Å²) in [5, 5.41) is 0. The van der Waals surface area contributed by atoms with Crippen molar-refractivity contribution < 1.29 is 0 Å². The van der Waals surface area contributed by atoms with E-state index in [2.05, 4.69) is 96.6 Å². The molecule has 0 N–H and O–H groups in total. The molecule has 4 rings (SSSR count). The highest BCUT2D eigenvalue weighted by atomic mass is 15.3. The average molecular weight is 286 g/mol. The Kier molecular flexibility index (Phi) is 2.90. The van der Waals surface area contributed by atoms with Crippen LogP contribution in [-0.4, -0.2) is 7.05 Å². The second-order valence-electron chi connectivity index (χ2n) is 5.71. The Morgan fingerprint density at radius 1 is 0.636 bits per heavy atom. The quantitative estimate of drug-likeness (QED) is 0.579. The third kappa shape index (κ3) is 1.88. The number of rotatable bonds is 1. The summed E-state index contributed by atoms with van der Waals surface area (Å²) < 4.78 is 0. The van der Waals surface area contributed by atoms with Crippen molar-refractivity contribution in [3.63, 3.8) is 0 Å². The van der Waals surface area contributed by atoms with Crippen molar-refractivity contribution in [3.8, 4) is 0 Å². The Hall–Kier alpha value is -2.74. The number of nitrogens with zero attached hydrogens (tertiary/aromatic N) is 2. The molecule has 0 aliphatic carbocycles. The molecule has 0 radical (unpaired) electrons. The first kappa shape index (κ1) is 13.0. The van der Waals surface area contributed by atoms with Gasteiger partial charge in [-0.1, -0.05) is 36.4 Å². The van der Waals surface area contributed by atoms with Gasteiger partial charge in [-0.2, -0.15) is 0 Å². The van der Waals surface area contributed by atoms with E-state index in [9.17, 15) is 0 Å². The molecule has 2 nitrogen and oxygen atoms in total. The van der Waals surface area contributed by atoms with Gasteiger partial charge >= 0.3 is 0 Å². The average Bonchev–Trinajstić information content (AvgIpc) is 2.56. The lowest BCUT2D eigenvalue weighted by Gasteiger charge is -2.38. The monoisotopic (exact) mass is 286 g/mol. The molecule has 2 heteroatoms. The molecule has 0 saturated heterocycles. The van der Waals surface area contributed by atoms with E-state index < -0.39 is 0 Å². The Morgan fingerprint density at radius 2 is 1.27 bits per heavy atom. The smallest absolute Gasteiger partial charge is 0.0702 e. The van der Waals surface area contributed by atoms with Crippen molar-refractivity contribution in [2.75, 3.05) is 16.8 Å². The lowest BCUT2D eigenvalue weighted by Crippen LogP contribution is -2.24. The van der Waals surface area contributed by atoms with Gasteiger partial charge in [-0.25, -0.2) is 0 Å². The fourth-order valence-electron chi connectivity index (χ4n) is 3.15. The molecule has 1 heterocycles. The maximum absolute atomic E-state index is 2.34. The molecular formula is C20H18N2. The number of benzene rings is 3. The van der Waals surface area contributed by atoms with Gasteiger partial charge in [0.25, 0.3) is 0 Å². The van der Waals surface area contributed by atoms with Crippen molar-refractivity contribution in [1.29, 1.82) is 0 Å². The Bertz CT molecular complexity index is 824. The van der Waals surface area contributed by atoms with E-state index in [1.165, 1.54) is 34.0 Å². The molecule has 0 unspecified atom stereocenters. The zero-order valence-electron chi connectivity index (χ0n) is 12.8. The zero-order chi connectivity index (χ0) is 15.1. The van der Waals surface area contributed by atoms with Gasteiger partial charge < -0.3 is 9.80 Å². The van der Waals surface area contributed by atoms with Crippen LogP contribution in [0.5, 0.6) is 0 Å². The van der Waals surface area contributed by atoms with Crippen LogP contribution in [0.3, 0.4) is 0 Å². The first-order chi connectivity index (χ1) is 10.8. The predicted molar refractivity (Wildman–Crippen MR) is 93.9 cm³/mol. The standard InChI is InChI=1S/C20H18N2/c1-15-12-13-18-20(14-15)22(16-8-4-3-5-9-16)19-11-7-6-10-17(19)21(18)2/h3-14H,1-2H3. The van der Waals surface area contributed by atoms with Gasteiger partial charge in [0.1, 0.15) is 0 Å². The fraction of sp³-hybridized carbons (Fsp3) is 0.100. The molecule has 3 aromatic rings. The van der Waals surface area contributed by atoms with Gasteiger partial charge in [0.15, 0.2) is 0 Å². The third-order valence-corrected chi connectivity index (χ3v) is 4.23. The van der Waals surface area contributed by atoms with Crippen LogP contribution >= 0.6 is 0 Å². The summed E-state index contributed by atoms with van der Waals surface area (Å²) in [6, 6.07) is 25.7. The van der Waals surface area contributed by atoms with Crippen LogP contribution in [0, 0.1) is 6.92 Å². The van der Waals surface area contributed by atoms with Crippen LogP contribution < -0.4 is 9.80 Å². The van der Waals surface area contributed by atoms with Crippen LogP contribution in [-0.2, 0) is 0 Å². The summed E-state index contributed by atoms with van der Waals surface area (Å²) in [6.45, 7) is 2.14. The minimum Gasteiger partial charge on any atom is -0.341 e. The zero-order valence-corrected chi connectivity index (χ0v) is 12.8. The van der Waals surface area contributed by atoms with E-state index in [-0.39, 0.29) is 0 Å². The van der Waals surface area contributed by atoms with Gasteiger partial charge in [0.2, 0.25) is 0 Å². The maximum Gasteiger partial charge on any atom is 0.0702 e. The van der Waals surface area contributed by atoms with Gasteiger partial charge in [-0.15, -0.1) is 0 Å². The van der Waals surface area contributed by atoms with E-state index in [0.29, 0.717) is 0 Å². The summed E-state index contributed by atoms with van der Waals surface area (Å²) >= 11 is 0. The van der Waals surface area contributed by atoms with Crippen LogP contribution in [0.4, 0.5) is 28.4 Å². The number of para-hydroxylation sites is 3. The molecule has 0 amide bonds. The second kappa shape index (κ2) is 4.92. The largest absolute Gasteiger partial charge is 0.341 e. The van der Waals surface area contributed by atoms with Gasteiger partial charge in [-0.05, 0) is 48.9 Å². The Morgan fingerprint density at radius 3 is 2.05 bits per heavy atom. The van der Waals surface area contributed by atoms with Crippen LogP contribution in [0.15, 0.2) is 72.8 Å². The lowest BCUT2D eigenvalue weighted by atomic mass is 10.0. The molecule has 1 aliphatic rings. The van der Waals surface area contributed by atoms with Crippen molar-refractivity contribution >= 4 is 28.4 Å². The molecule has 0 spiro atoms. The number of anilines is 5. The number of hydrogen-bond donors (Lipinski definition) is 0. The molecule has 1 aliphatic heterocycles. The molecule has 0 bridgehead atoms. The number of aryl methyl sites for hydroxylation is 1. The summed E-state index contributed by atoms with van der Waals surface area (Å²) in [6.07, 6.45) is 0. The summed E-state index contributed by atoms with van der Waals surface area (Å²) in [5.74, 6) is 0. The van der Waals surface area contributed by atoms with E-state index in [4.69, 9.17) is 0 Å². The van der Waals surface area contributed by atoms with Crippen LogP contribution in [0.25, 0.3) is 0 Å². The van der Waals surface area contributed by atoms with Crippen LogP contribution in [0.1, 0.15) is 5.56 Å². The van der Waals surface area contributed by atoms with Crippen molar-refractivity contribution in [1.82, 2.24) is 0 Å². The van der Waals surface area contributed by atoms with Crippen molar-refractivity contribution in [2.45, 2.75) is 6.92 Å². The molecule has 108 valence electrons. The van der Waals surface area contributed by atoms with Crippen molar-refractivity contribution in [2.24, 2.45) is 0 Å². The van der Waals surface area contributed by atoms with Crippen molar-refractivity contribution in [3.05, 3.63) is 78.4 Å². The summed E-state index contributed by atoms with van der Waals surface area (Å²) in [5.41, 5.74) is 7.36. The van der Waals surface area contributed by atoms with Gasteiger partial charge in [0, 0.05) is 12.7 Å². The number of hydrogen-bond acceptors (Lipinski definition) is 2. The Labute approximate surface area is 131 Å². The maximum atomic E-state index is 2.34. The topological polar surface area (TPSA) is 6.48 Å². The minimum atomic E-state index is 1.19. The molecule has 0 aromatic heterocycles. The molecule has 0 atom stereocenters. The number of fused-ring (bicyclic) bond motifs is 2. The summed E-state index contributed by atoms with van der Waals surface area (Å²) in [4.78, 5) is 4.61. The van der Waals surface area contributed by atoms with E-state index >= 15 is 0 Å². The fourth-order valence-corrected chi connectivity index (χ4v) is 3.15. The highest BCUT2D eigenvalue weighted by Gasteiger charge is 2.26. The van der Waals surface area contributed by atoms with Gasteiger partial charge in [0.05, 0.1) is 22.7 Å². The normalized spacial score (nSPS) is 12.8. The highest BCUT2D eigenvalue weighted by Crippen LogP contribution is 2.50. The predicted octanol–water partition coefficient (Wildman–Crippen LogP) is 5.55. The minimum absolute atomic E-state index is 1.19. The second-order valence-corrected chi connectivity index (χ2v) is 5.71. The first-order valence-corrected chi connectivity index (χ1v) is 7.54. The van der Waals surface area contributed by atoms with E-state index in [1.807, 2.05) is 0 Å². The summed E-state index contributed by atoms with van der Waals surface area (Å²) in [7, 11) is 2.13. The lowest BCUT2D eigenvalue weighted by molar-refractivity contribution is 1.12. The van der Waals surface area contributed by atoms with Gasteiger partial charge in [-0.3, -0.25) is 0 Å². The molecular weight excluding hydrogens is 268 g/mol. The van der Waals surface area contributed by atoms with Crippen LogP contribution in [0.2, 0.25) is 0 Å². The molecule has 3 aromatic carbocycles. The van der Waals surface area contributed by atoms with E-state index in [0.717, 1.165) is 0 Å². The molecule has 22 heavy (non-hydrogen) atoms. The SMILES string of the molecule is Cc1ccc2c(c1)N(c1ccccc1)c1ccccc1N2C. The molecule has 0 saturated carbocycles. The van der Waals surface area contributed by atoms with E-state index in [1.54, 1.807) is 0 Å². The molecule has 0 fully saturated rings. The third-order valence-electron chi connectivity index (χ3n) is 4.23.